The summed E-state index contributed by atoms with van der Waals surface area (Å²) in [5, 5.41) is 5.96. The number of hydrogen-bond acceptors (Lipinski definition) is 4. The van der Waals surface area contributed by atoms with E-state index in [2.05, 4.69) is 17.2 Å². The smallest absolute Gasteiger partial charge is 0.0913 e. The zero-order valence-electron chi connectivity index (χ0n) is 6.19. The molecule has 0 aliphatic heterocycles. The van der Waals surface area contributed by atoms with E-state index in [1.807, 2.05) is 0 Å². The van der Waals surface area contributed by atoms with Gasteiger partial charge >= 0.3 is 0 Å². The van der Waals surface area contributed by atoms with Crippen molar-refractivity contribution in [2.45, 2.75) is 0 Å². The van der Waals surface area contributed by atoms with Crippen LogP contribution in [-0.2, 0) is 0 Å². The Morgan fingerprint density at radius 1 is 1.10 bits per heavy atom. The minimum absolute atomic E-state index is 0.614. The minimum atomic E-state index is 0.614. The summed E-state index contributed by atoms with van der Waals surface area (Å²) < 4.78 is 0. The van der Waals surface area contributed by atoms with Gasteiger partial charge in [0.1, 0.15) is 0 Å². The molecule has 0 saturated heterocycles. The van der Waals surface area contributed by atoms with Crippen molar-refractivity contribution in [2.24, 2.45) is 11.5 Å². The van der Waals surface area contributed by atoms with Crippen molar-refractivity contribution >= 4 is 0 Å². The van der Waals surface area contributed by atoms with E-state index >= 15 is 0 Å². The Bertz CT molecular complexity index is 81.7. The standard InChI is InChI=1S/C6H16N4/c1-6(9-4-2-7)10-5-3-8/h9-10H,1-5,7-8H2. The van der Waals surface area contributed by atoms with Crippen LogP contribution < -0.4 is 22.1 Å². The molecule has 0 amide bonds. The molecule has 0 fully saturated rings. The third-order valence-corrected chi connectivity index (χ3v) is 0.965. The van der Waals surface area contributed by atoms with E-state index < -0.39 is 0 Å². The van der Waals surface area contributed by atoms with Gasteiger partial charge in [0.25, 0.3) is 0 Å². The zero-order chi connectivity index (χ0) is 7.82. The Balaban J connectivity index is 3.09. The van der Waals surface area contributed by atoms with Gasteiger partial charge in [-0.05, 0) is 0 Å². The van der Waals surface area contributed by atoms with Gasteiger partial charge in [0.05, 0.1) is 5.82 Å². The lowest BCUT2D eigenvalue weighted by atomic mass is 10.6. The Kier molecular flexibility index (Phi) is 5.91. The molecule has 0 aromatic rings. The normalized spacial score (nSPS) is 9.00. The van der Waals surface area contributed by atoms with Crippen molar-refractivity contribution in [3.8, 4) is 0 Å². The predicted molar refractivity (Wildman–Crippen MR) is 43.3 cm³/mol. The lowest BCUT2D eigenvalue weighted by Crippen LogP contribution is -2.32. The number of rotatable bonds is 6. The molecule has 0 bridgehead atoms. The summed E-state index contributed by atoms with van der Waals surface area (Å²) in [4.78, 5) is 0. The largest absolute Gasteiger partial charge is 0.371 e. The highest BCUT2D eigenvalue weighted by molar-refractivity contribution is 4.87. The molecule has 0 rings (SSSR count). The maximum absolute atomic E-state index is 5.25. The summed E-state index contributed by atoms with van der Waals surface area (Å²) in [5.74, 6) is 0.788. The molecule has 0 aliphatic rings. The van der Waals surface area contributed by atoms with Crippen LogP contribution in [0.1, 0.15) is 0 Å². The third kappa shape index (κ3) is 5.40. The van der Waals surface area contributed by atoms with Gasteiger partial charge in [0.2, 0.25) is 0 Å². The summed E-state index contributed by atoms with van der Waals surface area (Å²) >= 11 is 0. The lowest BCUT2D eigenvalue weighted by Gasteiger charge is -2.09. The van der Waals surface area contributed by atoms with Gasteiger partial charge in [-0.2, -0.15) is 0 Å². The van der Waals surface area contributed by atoms with Crippen molar-refractivity contribution in [1.82, 2.24) is 10.6 Å². The summed E-state index contributed by atoms with van der Waals surface area (Å²) in [6.45, 7) is 6.42. The molecule has 4 nitrogen and oxygen atoms in total. The SMILES string of the molecule is C=C(NCCN)NCCN. The second-order valence-electron chi connectivity index (χ2n) is 1.91. The van der Waals surface area contributed by atoms with Crippen LogP contribution in [0.25, 0.3) is 0 Å². The van der Waals surface area contributed by atoms with E-state index in [9.17, 15) is 0 Å². The van der Waals surface area contributed by atoms with Crippen LogP contribution in [-0.4, -0.2) is 26.2 Å². The Morgan fingerprint density at radius 2 is 1.50 bits per heavy atom. The summed E-state index contributed by atoms with van der Waals surface area (Å²) in [6, 6.07) is 0. The maximum atomic E-state index is 5.25. The molecule has 60 valence electrons. The molecule has 0 saturated carbocycles. The van der Waals surface area contributed by atoms with E-state index in [4.69, 9.17) is 11.5 Å². The first-order chi connectivity index (χ1) is 4.81. The highest BCUT2D eigenvalue weighted by atomic mass is 15.1. The second-order valence-corrected chi connectivity index (χ2v) is 1.91. The van der Waals surface area contributed by atoms with Gasteiger partial charge in [-0.3, -0.25) is 0 Å². The fourth-order valence-corrected chi connectivity index (χ4v) is 0.509. The van der Waals surface area contributed by atoms with Gasteiger partial charge < -0.3 is 22.1 Å². The Morgan fingerprint density at radius 3 is 1.80 bits per heavy atom. The van der Waals surface area contributed by atoms with Crippen LogP contribution in [0.15, 0.2) is 12.4 Å². The third-order valence-electron chi connectivity index (χ3n) is 0.965. The highest BCUT2D eigenvalue weighted by Crippen LogP contribution is 1.71. The minimum Gasteiger partial charge on any atom is -0.371 e. The van der Waals surface area contributed by atoms with Crippen LogP contribution in [0.5, 0.6) is 0 Å². The van der Waals surface area contributed by atoms with Crippen molar-refractivity contribution in [1.29, 1.82) is 0 Å². The van der Waals surface area contributed by atoms with Gasteiger partial charge in [-0.1, -0.05) is 6.58 Å². The molecule has 0 aliphatic carbocycles. The lowest BCUT2D eigenvalue weighted by molar-refractivity contribution is 0.688. The van der Waals surface area contributed by atoms with Crippen molar-refractivity contribution in [2.75, 3.05) is 26.2 Å². The topological polar surface area (TPSA) is 76.1 Å². The van der Waals surface area contributed by atoms with E-state index in [-0.39, 0.29) is 0 Å². The first-order valence-corrected chi connectivity index (χ1v) is 3.38. The molecule has 0 aromatic carbocycles. The van der Waals surface area contributed by atoms with Crippen molar-refractivity contribution in [3.05, 3.63) is 12.4 Å². The molecule has 4 heteroatoms. The van der Waals surface area contributed by atoms with Gasteiger partial charge in [0, 0.05) is 26.2 Å². The Hall–Kier alpha value is -0.740. The molecule has 0 unspecified atom stereocenters. The first-order valence-electron chi connectivity index (χ1n) is 3.38. The number of nitrogens with one attached hydrogen (secondary N) is 2. The van der Waals surface area contributed by atoms with Crippen LogP contribution >= 0.6 is 0 Å². The molecule has 6 N–H and O–H groups in total. The molecule has 0 atom stereocenters. The summed E-state index contributed by atoms with van der Waals surface area (Å²) in [5.41, 5.74) is 10.5. The van der Waals surface area contributed by atoms with Crippen molar-refractivity contribution < 1.29 is 0 Å². The molecule has 0 spiro atoms. The van der Waals surface area contributed by atoms with Crippen LogP contribution in [0.2, 0.25) is 0 Å². The first kappa shape index (κ1) is 9.26. The molecule has 0 aromatic heterocycles. The monoisotopic (exact) mass is 144 g/mol. The van der Waals surface area contributed by atoms with Crippen LogP contribution in [0, 0.1) is 0 Å². The van der Waals surface area contributed by atoms with Gasteiger partial charge in [-0.25, -0.2) is 0 Å². The van der Waals surface area contributed by atoms with E-state index in [1.54, 1.807) is 0 Å². The predicted octanol–water partition coefficient (Wildman–Crippen LogP) is -1.45. The molecule has 0 heterocycles. The Labute approximate surface area is 61.7 Å². The summed E-state index contributed by atoms with van der Waals surface area (Å²) in [7, 11) is 0. The van der Waals surface area contributed by atoms with E-state index in [1.165, 1.54) is 0 Å². The average molecular weight is 144 g/mol. The van der Waals surface area contributed by atoms with Crippen LogP contribution in [0.3, 0.4) is 0 Å². The summed E-state index contributed by atoms with van der Waals surface area (Å²) in [6.07, 6.45) is 0. The maximum Gasteiger partial charge on any atom is 0.0913 e. The van der Waals surface area contributed by atoms with E-state index in [0.29, 0.717) is 13.1 Å². The molecule has 10 heavy (non-hydrogen) atoms. The second kappa shape index (κ2) is 6.38. The number of nitrogens with two attached hydrogens (primary N) is 2. The highest BCUT2D eigenvalue weighted by Gasteiger charge is 1.86. The van der Waals surface area contributed by atoms with E-state index in [0.717, 1.165) is 18.9 Å². The molecule has 0 radical (unpaired) electrons. The fraction of sp³-hybridized carbons (Fsp3) is 0.667. The zero-order valence-corrected chi connectivity index (χ0v) is 6.19. The number of hydrogen-bond donors (Lipinski definition) is 4. The fourth-order valence-electron chi connectivity index (χ4n) is 0.509. The van der Waals surface area contributed by atoms with Gasteiger partial charge in [-0.15, -0.1) is 0 Å². The van der Waals surface area contributed by atoms with Crippen LogP contribution in [0.4, 0.5) is 0 Å². The van der Waals surface area contributed by atoms with Gasteiger partial charge in [0.15, 0.2) is 0 Å². The average Bonchev–Trinajstić information content (AvgIpc) is 1.97. The van der Waals surface area contributed by atoms with Crippen molar-refractivity contribution in [3.63, 3.8) is 0 Å². The molecular formula is C6H16N4. The molecular weight excluding hydrogens is 128 g/mol. The quantitative estimate of drug-likeness (QED) is 0.368.